The van der Waals surface area contributed by atoms with Crippen molar-refractivity contribution in [3.8, 4) is 11.4 Å². The molecule has 0 amide bonds. The molecule has 2 fully saturated rings. The van der Waals surface area contributed by atoms with E-state index in [0.29, 0.717) is 5.41 Å². The van der Waals surface area contributed by atoms with Crippen molar-refractivity contribution in [1.82, 2.24) is 24.6 Å². The first kappa shape index (κ1) is 22.1. The Morgan fingerprint density at radius 2 is 1.94 bits per heavy atom. The number of likely N-dealkylation sites (tertiary alicyclic amines) is 1. The highest BCUT2D eigenvalue weighted by Gasteiger charge is 2.60. The third-order valence-electron chi connectivity index (χ3n) is 7.43. The lowest BCUT2D eigenvalue weighted by molar-refractivity contribution is 0.299. The topological polar surface area (TPSA) is 46.8 Å². The summed E-state index contributed by atoms with van der Waals surface area (Å²) in [7, 11) is 2.06. The lowest BCUT2D eigenvalue weighted by Gasteiger charge is -2.21. The lowest BCUT2D eigenvalue weighted by atomic mass is 9.95. The average molecular weight is 490 g/mol. The molecule has 1 saturated heterocycles. The summed E-state index contributed by atoms with van der Waals surface area (Å²) >= 11 is 7.89. The summed E-state index contributed by atoms with van der Waals surface area (Å²) in [4.78, 5) is 7.30. The number of piperidine rings is 1. The summed E-state index contributed by atoms with van der Waals surface area (Å²) in [5.41, 5.74) is 4.94. The number of aromatic nitrogens is 4. The Morgan fingerprint density at radius 3 is 2.79 bits per heavy atom. The second-order valence-electron chi connectivity index (χ2n) is 9.69. The van der Waals surface area contributed by atoms with Gasteiger partial charge in [0.25, 0.3) is 0 Å². The lowest BCUT2D eigenvalue weighted by Crippen LogP contribution is -2.27. The molecular formula is C27H28ClN5S. The van der Waals surface area contributed by atoms with Crippen LogP contribution in [-0.2, 0) is 12.5 Å². The summed E-state index contributed by atoms with van der Waals surface area (Å²) in [6.07, 6.45) is 2.47. The van der Waals surface area contributed by atoms with E-state index in [1.54, 1.807) is 11.8 Å². The second kappa shape index (κ2) is 8.67. The first-order valence-electron chi connectivity index (χ1n) is 11.9. The van der Waals surface area contributed by atoms with Gasteiger partial charge < -0.3 is 9.47 Å². The Morgan fingerprint density at radius 1 is 1.09 bits per heavy atom. The monoisotopic (exact) mass is 489 g/mol. The van der Waals surface area contributed by atoms with Crippen molar-refractivity contribution in [3.63, 3.8) is 0 Å². The fourth-order valence-electron chi connectivity index (χ4n) is 5.56. The quantitative estimate of drug-likeness (QED) is 0.244. The van der Waals surface area contributed by atoms with Crippen molar-refractivity contribution < 1.29 is 0 Å². The fraction of sp³-hybridized carbons (Fsp3) is 0.370. The molecule has 0 unspecified atom stereocenters. The van der Waals surface area contributed by atoms with Crippen LogP contribution in [0.25, 0.3) is 22.3 Å². The number of hydrogen-bond donors (Lipinski definition) is 0. The summed E-state index contributed by atoms with van der Waals surface area (Å²) in [5.74, 6) is 2.74. The minimum Gasteiger partial charge on any atom is -0.305 e. The van der Waals surface area contributed by atoms with E-state index in [9.17, 15) is 0 Å². The van der Waals surface area contributed by atoms with Crippen LogP contribution >= 0.6 is 23.4 Å². The maximum Gasteiger partial charge on any atom is 0.191 e. The Labute approximate surface area is 209 Å². The van der Waals surface area contributed by atoms with Crippen LogP contribution < -0.4 is 0 Å². The molecule has 2 aromatic heterocycles. The van der Waals surface area contributed by atoms with E-state index in [1.165, 1.54) is 25.1 Å². The van der Waals surface area contributed by atoms with Gasteiger partial charge in [-0.2, -0.15) is 0 Å². The van der Waals surface area contributed by atoms with Crippen molar-refractivity contribution in [3.05, 3.63) is 70.9 Å². The Balaban J connectivity index is 1.06. The van der Waals surface area contributed by atoms with E-state index in [4.69, 9.17) is 11.6 Å². The van der Waals surface area contributed by atoms with Crippen molar-refractivity contribution in [2.75, 3.05) is 25.4 Å². The van der Waals surface area contributed by atoms with E-state index >= 15 is 0 Å². The molecule has 0 radical (unpaired) electrons. The molecule has 7 heteroatoms. The van der Waals surface area contributed by atoms with Crippen molar-refractivity contribution in [1.29, 1.82) is 0 Å². The zero-order chi connectivity index (χ0) is 23.3. The van der Waals surface area contributed by atoms with Gasteiger partial charge in [-0.3, -0.25) is 4.98 Å². The van der Waals surface area contributed by atoms with Crippen molar-refractivity contribution in [2.45, 2.75) is 30.3 Å². The molecule has 0 spiro atoms. The molecule has 4 aromatic rings. The van der Waals surface area contributed by atoms with Crippen LogP contribution in [0.2, 0.25) is 5.02 Å². The van der Waals surface area contributed by atoms with Crippen LogP contribution in [0.4, 0.5) is 0 Å². The highest BCUT2D eigenvalue weighted by molar-refractivity contribution is 7.99. The van der Waals surface area contributed by atoms with E-state index in [1.807, 2.05) is 25.1 Å². The van der Waals surface area contributed by atoms with Crippen LogP contribution in [0.5, 0.6) is 0 Å². The third-order valence-corrected chi connectivity index (χ3v) is 8.79. The smallest absolute Gasteiger partial charge is 0.191 e. The van der Waals surface area contributed by atoms with Gasteiger partial charge in [-0.25, -0.2) is 0 Å². The van der Waals surface area contributed by atoms with Gasteiger partial charge in [0.15, 0.2) is 11.0 Å². The van der Waals surface area contributed by atoms with E-state index in [0.717, 1.165) is 62.8 Å². The number of aryl methyl sites for hydroxylation is 1. The van der Waals surface area contributed by atoms with Crippen LogP contribution in [0, 0.1) is 12.8 Å². The van der Waals surface area contributed by atoms with Crippen LogP contribution in [0.15, 0.2) is 59.8 Å². The number of nitrogens with zero attached hydrogens (tertiary/aromatic N) is 5. The molecule has 174 valence electrons. The van der Waals surface area contributed by atoms with Gasteiger partial charge in [-0.05, 0) is 62.1 Å². The minimum atomic E-state index is 0.377. The fourth-order valence-corrected chi connectivity index (χ4v) is 6.53. The highest BCUT2D eigenvalue weighted by Crippen LogP contribution is 2.59. The minimum absolute atomic E-state index is 0.377. The predicted molar refractivity (Wildman–Crippen MR) is 139 cm³/mol. The first-order chi connectivity index (χ1) is 16.5. The molecule has 6 rings (SSSR count). The molecule has 2 aliphatic rings. The predicted octanol–water partition coefficient (Wildman–Crippen LogP) is 5.75. The molecule has 1 aliphatic carbocycles. The zero-order valence-corrected chi connectivity index (χ0v) is 21.1. The van der Waals surface area contributed by atoms with Crippen LogP contribution in [0.1, 0.15) is 24.1 Å². The van der Waals surface area contributed by atoms with Gasteiger partial charge in [0.05, 0.1) is 5.52 Å². The van der Waals surface area contributed by atoms with Crippen molar-refractivity contribution >= 4 is 34.3 Å². The molecule has 2 aromatic carbocycles. The number of pyridine rings is 1. The van der Waals surface area contributed by atoms with Crippen LogP contribution in [0.3, 0.4) is 0 Å². The number of rotatable bonds is 7. The molecule has 34 heavy (non-hydrogen) atoms. The molecule has 2 atom stereocenters. The summed E-state index contributed by atoms with van der Waals surface area (Å²) in [6.45, 7) is 5.55. The molecule has 1 saturated carbocycles. The second-order valence-corrected chi connectivity index (χ2v) is 11.2. The van der Waals surface area contributed by atoms with Gasteiger partial charge in [-0.1, -0.05) is 53.7 Å². The number of hydrogen-bond acceptors (Lipinski definition) is 5. The van der Waals surface area contributed by atoms with Gasteiger partial charge in [0.2, 0.25) is 0 Å². The summed E-state index contributed by atoms with van der Waals surface area (Å²) in [5, 5.41) is 11.9. The molecule has 0 bridgehead atoms. The van der Waals surface area contributed by atoms with Gasteiger partial charge in [-0.15, -0.1) is 10.2 Å². The third kappa shape index (κ3) is 3.92. The Bertz CT molecular complexity index is 1350. The largest absolute Gasteiger partial charge is 0.305 e. The van der Waals surface area contributed by atoms with Crippen molar-refractivity contribution in [2.24, 2.45) is 13.0 Å². The molecule has 0 N–H and O–H groups in total. The highest BCUT2D eigenvalue weighted by atomic mass is 35.5. The number of fused-ring (bicyclic) bond motifs is 2. The maximum absolute atomic E-state index is 6.09. The summed E-state index contributed by atoms with van der Waals surface area (Å²) < 4.78 is 2.11. The molecule has 5 nitrogen and oxygen atoms in total. The van der Waals surface area contributed by atoms with E-state index < -0.39 is 0 Å². The number of benzene rings is 2. The number of halogens is 1. The zero-order valence-electron chi connectivity index (χ0n) is 19.5. The summed E-state index contributed by atoms with van der Waals surface area (Å²) in [6, 6.07) is 18.9. The Kier molecular flexibility index (Phi) is 5.63. The molecular weight excluding hydrogens is 462 g/mol. The molecule has 3 heterocycles. The standard InChI is InChI=1S/C27H28ClN5S/c1-18-7-12-22-23(5-3-6-24(22)29-18)25-30-31-26(32(25)2)34-14-4-13-33-16-20-15-27(20,17-33)19-8-10-21(28)11-9-19/h3,5-12,20H,4,13-17H2,1-2H3/t20-,27+/m0/s1. The average Bonchev–Trinajstić information content (AvgIpc) is 3.21. The van der Waals surface area contributed by atoms with Crippen LogP contribution in [-0.4, -0.2) is 50.0 Å². The van der Waals surface area contributed by atoms with E-state index in [2.05, 4.69) is 68.1 Å². The Hall–Kier alpha value is -2.41. The van der Waals surface area contributed by atoms with Gasteiger partial charge in [0.1, 0.15) is 0 Å². The number of thioether (sulfide) groups is 1. The van der Waals surface area contributed by atoms with E-state index in [-0.39, 0.29) is 0 Å². The first-order valence-corrected chi connectivity index (χ1v) is 13.3. The molecule has 1 aliphatic heterocycles. The normalized spacial score (nSPS) is 21.8. The van der Waals surface area contributed by atoms with Gasteiger partial charge >= 0.3 is 0 Å². The maximum atomic E-state index is 6.09. The SMILES string of the molecule is Cc1ccc2c(-c3nnc(SCCCN4C[C@@H]5C[C@]5(c5ccc(Cl)cc5)C4)n3C)cccc2n1. The van der Waals surface area contributed by atoms with Gasteiger partial charge in [0, 0.05) is 53.0 Å².